The maximum Gasteiger partial charge on any atom is 0.236 e. The van der Waals surface area contributed by atoms with Crippen molar-refractivity contribution < 1.29 is 9.18 Å². The van der Waals surface area contributed by atoms with Gasteiger partial charge in [0.1, 0.15) is 5.82 Å². The minimum atomic E-state index is -0.313. The molecule has 1 aliphatic rings. The van der Waals surface area contributed by atoms with E-state index in [0.29, 0.717) is 43.3 Å². The van der Waals surface area contributed by atoms with E-state index in [4.69, 9.17) is 11.6 Å². The predicted molar refractivity (Wildman–Crippen MR) is 103 cm³/mol. The number of halogens is 3. The molecule has 3 nitrogen and oxygen atoms in total. The van der Waals surface area contributed by atoms with E-state index >= 15 is 0 Å². The van der Waals surface area contributed by atoms with Crippen LogP contribution in [0.4, 0.5) is 10.1 Å². The molecule has 1 unspecified atom stereocenters. The van der Waals surface area contributed by atoms with Crippen LogP contribution in [0, 0.1) is 5.82 Å². The Kier molecular flexibility index (Phi) is 5.97. The van der Waals surface area contributed by atoms with Gasteiger partial charge < -0.3 is 9.80 Å². The second-order valence-electron chi connectivity index (χ2n) is 6.03. The second-order valence-corrected chi connectivity index (χ2v) is 7.54. The molecule has 0 aliphatic carbocycles. The average Bonchev–Trinajstić information content (AvgIpc) is 2.63. The van der Waals surface area contributed by atoms with Gasteiger partial charge in [-0.25, -0.2) is 4.39 Å². The number of alkyl halides is 1. The molecule has 0 aromatic heterocycles. The summed E-state index contributed by atoms with van der Waals surface area (Å²) in [7, 11) is 0. The summed E-state index contributed by atoms with van der Waals surface area (Å²) >= 11 is 9.67. The van der Waals surface area contributed by atoms with Crippen LogP contribution in [0.25, 0.3) is 0 Å². The van der Waals surface area contributed by atoms with E-state index in [0.717, 1.165) is 5.56 Å². The fraction of sp³-hybridized carbons (Fsp3) is 0.316. The lowest BCUT2D eigenvalue weighted by Crippen LogP contribution is -2.51. The lowest BCUT2D eigenvalue weighted by molar-refractivity contribution is -0.130. The van der Waals surface area contributed by atoms with Crippen LogP contribution in [0.15, 0.2) is 48.5 Å². The van der Waals surface area contributed by atoms with Crippen LogP contribution in [-0.4, -0.2) is 41.8 Å². The van der Waals surface area contributed by atoms with Crippen LogP contribution in [0.2, 0.25) is 5.02 Å². The van der Waals surface area contributed by atoms with E-state index < -0.39 is 0 Å². The molecule has 0 radical (unpaired) electrons. The van der Waals surface area contributed by atoms with Gasteiger partial charge in [0.25, 0.3) is 0 Å². The number of carbonyl (C=O) groups is 1. The maximum absolute atomic E-state index is 13.9. The molecule has 0 saturated carbocycles. The first-order chi connectivity index (χ1) is 12.1. The van der Waals surface area contributed by atoms with Gasteiger partial charge in [0.05, 0.1) is 10.5 Å². The molecule has 1 heterocycles. The first-order valence-corrected chi connectivity index (χ1v) is 9.51. The summed E-state index contributed by atoms with van der Waals surface area (Å²) in [6.45, 7) is 2.41. The number of benzene rings is 2. The fourth-order valence-electron chi connectivity index (χ4n) is 3.02. The van der Waals surface area contributed by atoms with Crippen molar-refractivity contribution >= 4 is 39.1 Å². The van der Waals surface area contributed by atoms with Crippen molar-refractivity contribution in [2.75, 3.05) is 31.1 Å². The van der Waals surface area contributed by atoms with Crippen LogP contribution in [0.1, 0.15) is 5.56 Å². The number of hydrogen-bond donors (Lipinski definition) is 0. The predicted octanol–water partition coefficient (Wildman–Crippen LogP) is 4.13. The molecule has 2 aromatic carbocycles. The van der Waals surface area contributed by atoms with Gasteiger partial charge in [-0.2, -0.15) is 0 Å². The Morgan fingerprint density at radius 1 is 1.08 bits per heavy atom. The summed E-state index contributed by atoms with van der Waals surface area (Å²) in [5.74, 6) is -0.174. The molecule has 0 bridgehead atoms. The van der Waals surface area contributed by atoms with Crippen molar-refractivity contribution in [3.63, 3.8) is 0 Å². The van der Waals surface area contributed by atoms with Crippen molar-refractivity contribution in [1.29, 1.82) is 0 Å². The number of hydrogen-bond acceptors (Lipinski definition) is 2. The van der Waals surface area contributed by atoms with Crippen molar-refractivity contribution in [2.45, 2.75) is 11.2 Å². The van der Waals surface area contributed by atoms with Crippen molar-refractivity contribution in [1.82, 2.24) is 4.90 Å². The Morgan fingerprint density at radius 2 is 1.72 bits per heavy atom. The lowest BCUT2D eigenvalue weighted by Gasteiger charge is -2.37. The molecule has 25 heavy (non-hydrogen) atoms. The number of nitrogens with zero attached hydrogens (tertiary/aromatic N) is 2. The fourth-order valence-corrected chi connectivity index (χ4v) is 3.87. The average molecular weight is 426 g/mol. The van der Waals surface area contributed by atoms with Crippen molar-refractivity contribution in [3.8, 4) is 0 Å². The third-order valence-corrected chi connectivity index (χ3v) is 5.49. The summed E-state index contributed by atoms with van der Waals surface area (Å²) in [6, 6.07) is 14.3. The minimum Gasteiger partial charge on any atom is -0.366 e. The summed E-state index contributed by atoms with van der Waals surface area (Å²) in [5, 5.41) is 0.670. The number of para-hydroxylation sites is 1. The van der Waals surface area contributed by atoms with Crippen LogP contribution in [-0.2, 0) is 11.2 Å². The normalized spacial score (nSPS) is 16.0. The van der Waals surface area contributed by atoms with E-state index in [-0.39, 0.29) is 16.6 Å². The summed E-state index contributed by atoms with van der Waals surface area (Å²) in [5.41, 5.74) is 1.55. The molecule has 1 fully saturated rings. The molecular weight excluding hydrogens is 407 g/mol. The Hall–Kier alpha value is -1.59. The Balaban J connectivity index is 1.58. The van der Waals surface area contributed by atoms with Crippen molar-refractivity contribution in [3.05, 3.63) is 64.9 Å². The largest absolute Gasteiger partial charge is 0.366 e. The Morgan fingerprint density at radius 3 is 2.40 bits per heavy atom. The van der Waals surface area contributed by atoms with Crippen LogP contribution in [0.5, 0.6) is 0 Å². The number of anilines is 1. The standard InChI is InChI=1S/C19H19BrClFN2O/c20-15(13-14-5-1-2-6-16(14)21)19(25)24-11-9-23(10-12-24)18-8-4-3-7-17(18)22/h1-8,15H,9-13H2. The lowest BCUT2D eigenvalue weighted by atomic mass is 10.1. The molecule has 2 aromatic rings. The Labute approximate surface area is 160 Å². The van der Waals surface area contributed by atoms with Gasteiger partial charge in [-0.1, -0.05) is 57.9 Å². The van der Waals surface area contributed by atoms with Gasteiger partial charge >= 0.3 is 0 Å². The summed E-state index contributed by atoms with van der Waals surface area (Å²) in [6.07, 6.45) is 0.548. The molecule has 1 atom stereocenters. The van der Waals surface area contributed by atoms with E-state index in [1.165, 1.54) is 6.07 Å². The minimum absolute atomic E-state index is 0.0492. The van der Waals surface area contributed by atoms with E-state index in [2.05, 4.69) is 15.9 Å². The first kappa shape index (κ1) is 18.2. The maximum atomic E-state index is 13.9. The van der Waals surface area contributed by atoms with Gasteiger partial charge in [0.15, 0.2) is 0 Å². The molecule has 1 aliphatic heterocycles. The van der Waals surface area contributed by atoms with Gasteiger partial charge in [-0.3, -0.25) is 4.79 Å². The third kappa shape index (κ3) is 4.33. The number of rotatable bonds is 4. The highest BCUT2D eigenvalue weighted by Crippen LogP contribution is 2.23. The van der Waals surface area contributed by atoms with Crippen LogP contribution < -0.4 is 4.90 Å². The van der Waals surface area contributed by atoms with Crippen LogP contribution in [0.3, 0.4) is 0 Å². The zero-order valence-corrected chi connectivity index (χ0v) is 16.0. The zero-order chi connectivity index (χ0) is 17.8. The van der Waals surface area contributed by atoms with Gasteiger partial charge in [-0.05, 0) is 30.2 Å². The third-order valence-electron chi connectivity index (χ3n) is 4.41. The summed E-state index contributed by atoms with van der Waals surface area (Å²) < 4.78 is 13.9. The highest BCUT2D eigenvalue weighted by molar-refractivity contribution is 9.10. The summed E-state index contributed by atoms with van der Waals surface area (Å²) in [4.78, 5) is 16.2. The molecular formula is C19H19BrClFN2O. The second kappa shape index (κ2) is 8.19. The quantitative estimate of drug-likeness (QED) is 0.688. The highest BCUT2D eigenvalue weighted by Gasteiger charge is 2.27. The topological polar surface area (TPSA) is 23.6 Å². The molecule has 0 N–H and O–H groups in total. The number of piperazine rings is 1. The smallest absolute Gasteiger partial charge is 0.236 e. The van der Waals surface area contributed by atoms with Gasteiger partial charge in [0, 0.05) is 31.2 Å². The van der Waals surface area contributed by atoms with Gasteiger partial charge in [-0.15, -0.1) is 0 Å². The van der Waals surface area contributed by atoms with E-state index in [9.17, 15) is 9.18 Å². The molecule has 3 rings (SSSR count). The SMILES string of the molecule is O=C(C(Br)Cc1ccccc1Cl)N1CCN(c2ccccc2F)CC1. The van der Waals surface area contributed by atoms with Crippen molar-refractivity contribution in [2.24, 2.45) is 0 Å². The molecule has 6 heteroatoms. The zero-order valence-electron chi connectivity index (χ0n) is 13.7. The first-order valence-electron chi connectivity index (χ1n) is 8.22. The molecule has 1 saturated heterocycles. The molecule has 0 spiro atoms. The molecule has 1 amide bonds. The van der Waals surface area contributed by atoms with E-state index in [1.54, 1.807) is 12.1 Å². The monoisotopic (exact) mass is 424 g/mol. The number of amides is 1. The number of carbonyl (C=O) groups excluding carboxylic acids is 1. The molecule has 132 valence electrons. The van der Waals surface area contributed by atoms with Gasteiger partial charge in [0.2, 0.25) is 5.91 Å². The Bertz CT molecular complexity index is 750. The van der Waals surface area contributed by atoms with Crippen LogP contribution >= 0.6 is 27.5 Å². The highest BCUT2D eigenvalue weighted by atomic mass is 79.9. The van der Waals surface area contributed by atoms with E-state index in [1.807, 2.05) is 40.1 Å².